The lowest BCUT2D eigenvalue weighted by Gasteiger charge is -2.21. The predicted molar refractivity (Wildman–Crippen MR) is 89.4 cm³/mol. The first-order valence-electron chi connectivity index (χ1n) is 8.07. The van der Waals surface area contributed by atoms with E-state index in [4.69, 9.17) is 23.4 Å². The molecule has 8 heteroatoms. The van der Waals surface area contributed by atoms with E-state index in [0.717, 1.165) is 0 Å². The summed E-state index contributed by atoms with van der Waals surface area (Å²) in [4.78, 5) is 24.4. The van der Waals surface area contributed by atoms with Crippen molar-refractivity contribution in [3.05, 3.63) is 41.9 Å². The summed E-state index contributed by atoms with van der Waals surface area (Å²) in [6, 6.07) is 6.45. The fourth-order valence-corrected chi connectivity index (χ4v) is 2.40. The number of hydrogen-bond donors (Lipinski definition) is 1. The lowest BCUT2D eigenvalue weighted by molar-refractivity contribution is -0.129. The highest BCUT2D eigenvalue weighted by molar-refractivity contribution is 5.93. The van der Waals surface area contributed by atoms with Crippen LogP contribution in [-0.4, -0.2) is 38.3 Å². The van der Waals surface area contributed by atoms with Crippen LogP contribution >= 0.6 is 0 Å². The zero-order chi connectivity index (χ0) is 18.5. The molecule has 1 aromatic heterocycles. The van der Waals surface area contributed by atoms with Crippen molar-refractivity contribution in [1.29, 1.82) is 0 Å². The van der Waals surface area contributed by atoms with Crippen LogP contribution in [0.1, 0.15) is 23.0 Å². The molecule has 26 heavy (non-hydrogen) atoms. The van der Waals surface area contributed by atoms with E-state index < -0.39 is 18.0 Å². The molecule has 0 saturated carbocycles. The molecule has 0 fully saturated rings. The number of hydrogen-bond acceptors (Lipinski definition) is 7. The van der Waals surface area contributed by atoms with Gasteiger partial charge in [-0.1, -0.05) is 0 Å². The van der Waals surface area contributed by atoms with Crippen molar-refractivity contribution >= 4 is 11.9 Å². The summed E-state index contributed by atoms with van der Waals surface area (Å²) in [5.41, 5.74) is 0.205. The van der Waals surface area contributed by atoms with Crippen LogP contribution in [0, 0.1) is 0 Å². The molecule has 1 atom stereocenters. The molecular weight excluding hydrogens is 342 g/mol. The van der Waals surface area contributed by atoms with Gasteiger partial charge in [0.15, 0.2) is 17.6 Å². The second-order valence-corrected chi connectivity index (χ2v) is 5.55. The maximum absolute atomic E-state index is 12.4. The molecule has 0 bridgehead atoms. The second-order valence-electron chi connectivity index (χ2n) is 5.55. The summed E-state index contributed by atoms with van der Waals surface area (Å²) in [6.07, 6.45) is 0.539. The first kappa shape index (κ1) is 17.7. The van der Waals surface area contributed by atoms with Gasteiger partial charge in [-0.05, 0) is 31.2 Å². The van der Waals surface area contributed by atoms with Gasteiger partial charge in [-0.15, -0.1) is 0 Å². The highest BCUT2D eigenvalue weighted by Crippen LogP contribution is 2.40. The number of esters is 1. The van der Waals surface area contributed by atoms with Gasteiger partial charge >= 0.3 is 5.97 Å². The fourth-order valence-electron chi connectivity index (χ4n) is 2.40. The van der Waals surface area contributed by atoms with E-state index in [0.29, 0.717) is 36.2 Å². The molecule has 8 nitrogen and oxygen atoms in total. The monoisotopic (exact) mass is 361 g/mol. The second kappa shape index (κ2) is 7.81. The minimum absolute atomic E-state index is 0.205. The number of fused-ring (bicyclic) bond motifs is 1. The Labute approximate surface area is 150 Å². The smallest absolute Gasteiger partial charge is 0.339 e. The average molecular weight is 361 g/mol. The molecular formula is C18H19NO7. The van der Waals surface area contributed by atoms with Crippen LogP contribution in [0.4, 0.5) is 0 Å². The first-order valence-corrected chi connectivity index (χ1v) is 8.07. The van der Waals surface area contributed by atoms with Crippen molar-refractivity contribution in [3.8, 4) is 17.2 Å². The third kappa shape index (κ3) is 3.90. The molecule has 0 spiro atoms. The van der Waals surface area contributed by atoms with Gasteiger partial charge in [-0.25, -0.2) is 4.79 Å². The Morgan fingerprint density at radius 2 is 2.08 bits per heavy atom. The largest absolute Gasteiger partial charge is 0.493 e. The van der Waals surface area contributed by atoms with Crippen LogP contribution in [0.3, 0.4) is 0 Å². The Kier molecular flexibility index (Phi) is 5.31. The molecule has 3 rings (SSSR count). The quantitative estimate of drug-likeness (QED) is 0.785. The van der Waals surface area contributed by atoms with Crippen molar-refractivity contribution < 1.29 is 33.0 Å². The number of amides is 1. The van der Waals surface area contributed by atoms with Crippen molar-refractivity contribution in [3.63, 3.8) is 0 Å². The number of nitrogens with one attached hydrogen (secondary N) is 1. The van der Waals surface area contributed by atoms with Gasteiger partial charge in [0.25, 0.3) is 5.91 Å². The number of methoxy groups -OCH3 is 1. The van der Waals surface area contributed by atoms with Crippen molar-refractivity contribution in [1.82, 2.24) is 5.32 Å². The van der Waals surface area contributed by atoms with Crippen molar-refractivity contribution in [2.75, 3.05) is 20.3 Å². The van der Waals surface area contributed by atoms with Crippen molar-refractivity contribution in [2.45, 2.75) is 19.6 Å². The summed E-state index contributed by atoms with van der Waals surface area (Å²) in [5, 5.41) is 2.63. The van der Waals surface area contributed by atoms with E-state index >= 15 is 0 Å². The van der Waals surface area contributed by atoms with Crippen LogP contribution in [0.25, 0.3) is 0 Å². The molecule has 0 aliphatic carbocycles. The first-order chi connectivity index (χ1) is 12.6. The molecule has 1 aromatic carbocycles. The van der Waals surface area contributed by atoms with Gasteiger partial charge in [0, 0.05) is 0 Å². The minimum atomic E-state index is -0.975. The third-order valence-corrected chi connectivity index (χ3v) is 3.73. The molecule has 0 saturated heterocycles. The summed E-state index contributed by atoms with van der Waals surface area (Å²) < 4.78 is 26.6. The van der Waals surface area contributed by atoms with Crippen LogP contribution in [0.2, 0.25) is 0 Å². The Morgan fingerprint density at radius 1 is 1.27 bits per heavy atom. The van der Waals surface area contributed by atoms with E-state index in [1.54, 1.807) is 12.1 Å². The number of ether oxygens (including phenoxy) is 4. The van der Waals surface area contributed by atoms with Crippen LogP contribution < -0.4 is 19.5 Å². The zero-order valence-corrected chi connectivity index (χ0v) is 14.4. The molecule has 1 aliphatic heterocycles. The SMILES string of the molecule is COc1cc(C(=O)O[C@H](C)C(=O)NCc2ccco2)cc2c1OCCO2. The molecule has 1 N–H and O–H groups in total. The van der Waals surface area contributed by atoms with Gasteiger partial charge in [0.05, 0.1) is 25.5 Å². The number of benzene rings is 1. The average Bonchev–Trinajstić information content (AvgIpc) is 3.18. The van der Waals surface area contributed by atoms with E-state index in [1.807, 2.05) is 0 Å². The van der Waals surface area contributed by atoms with Crippen LogP contribution in [-0.2, 0) is 16.1 Å². The van der Waals surface area contributed by atoms with Gasteiger partial charge in [-0.3, -0.25) is 4.79 Å². The molecule has 0 radical (unpaired) electrons. The molecule has 2 heterocycles. The maximum atomic E-state index is 12.4. The van der Waals surface area contributed by atoms with Crippen molar-refractivity contribution in [2.24, 2.45) is 0 Å². The van der Waals surface area contributed by atoms with Crippen LogP contribution in [0.5, 0.6) is 17.2 Å². The zero-order valence-electron chi connectivity index (χ0n) is 14.4. The number of furan rings is 1. The highest BCUT2D eigenvalue weighted by atomic mass is 16.6. The predicted octanol–water partition coefficient (Wildman–Crippen LogP) is 1.92. The third-order valence-electron chi connectivity index (χ3n) is 3.73. The Bertz CT molecular complexity index is 768. The van der Waals surface area contributed by atoms with Gasteiger partial charge < -0.3 is 28.7 Å². The summed E-state index contributed by atoms with van der Waals surface area (Å²) >= 11 is 0. The molecule has 2 aromatic rings. The van der Waals surface area contributed by atoms with Gasteiger partial charge in [0.1, 0.15) is 19.0 Å². The van der Waals surface area contributed by atoms with E-state index in [9.17, 15) is 9.59 Å². The Balaban J connectivity index is 1.64. The normalized spacial score (nSPS) is 13.6. The van der Waals surface area contributed by atoms with E-state index in [1.165, 1.54) is 32.4 Å². The summed E-state index contributed by atoms with van der Waals surface area (Å²) in [5.74, 6) is 0.717. The van der Waals surface area contributed by atoms with Gasteiger partial charge in [0.2, 0.25) is 5.75 Å². The topological polar surface area (TPSA) is 96.2 Å². The lowest BCUT2D eigenvalue weighted by atomic mass is 10.1. The van der Waals surface area contributed by atoms with E-state index in [-0.39, 0.29) is 12.1 Å². The van der Waals surface area contributed by atoms with E-state index in [2.05, 4.69) is 5.32 Å². The fraction of sp³-hybridized carbons (Fsp3) is 0.333. The highest BCUT2D eigenvalue weighted by Gasteiger charge is 2.24. The lowest BCUT2D eigenvalue weighted by Crippen LogP contribution is -2.35. The maximum Gasteiger partial charge on any atom is 0.339 e. The standard InChI is InChI=1S/C18H19NO7/c1-11(17(20)19-10-13-4-3-5-23-13)26-18(21)12-8-14(22-2)16-15(9-12)24-6-7-25-16/h3-5,8-9,11H,6-7,10H2,1-2H3,(H,19,20)/t11-/m1/s1. The molecule has 1 amide bonds. The Hall–Kier alpha value is -3.16. The minimum Gasteiger partial charge on any atom is -0.493 e. The molecule has 138 valence electrons. The van der Waals surface area contributed by atoms with Crippen LogP contribution in [0.15, 0.2) is 34.9 Å². The Morgan fingerprint density at radius 3 is 2.81 bits per heavy atom. The number of carbonyl (C=O) groups is 2. The molecule has 1 aliphatic rings. The molecule has 0 unspecified atom stereocenters. The summed E-state index contributed by atoms with van der Waals surface area (Å²) in [7, 11) is 1.47. The summed E-state index contributed by atoms with van der Waals surface area (Å²) in [6.45, 7) is 2.48. The number of carbonyl (C=O) groups excluding carboxylic acids is 2. The number of rotatable bonds is 6. The van der Waals surface area contributed by atoms with Gasteiger partial charge in [-0.2, -0.15) is 0 Å².